The van der Waals surface area contributed by atoms with Gasteiger partial charge in [-0.15, -0.1) is 0 Å². The summed E-state index contributed by atoms with van der Waals surface area (Å²) in [7, 11) is 2.14. The van der Waals surface area contributed by atoms with Gasteiger partial charge in [-0.3, -0.25) is 0 Å². The summed E-state index contributed by atoms with van der Waals surface area (Å²) in [6, 6.07) is 6.50. The quantitative estimate of drug-likeness (QED) is 0.767. The Morgan fingerprint density at radius 3 is 3.00 bits per heavy atom. The lowest BCUT2D eigenvalue weighted by Gasteiger charge is -2.12. The summed E-state index contributed by atoms with van der Waals surface area (Å²) in [5.74, 6) is 0. The molecular formula is C12H16N2. The fourth-order valence-electron chi connectivity index (χ4n) is 1.89. The van der Waals surface area contributed by atoms with E-state index in [1.54, 1.807) is 0 Å². The van der Waals surface area contributed by atoms with Crippen LogP contribution in [0.5, 0.6) is 0 Å². The van der Waals surface area contributed by atoms with Crippen LogP contribution in [0.4, 0.5) is 11.4 Å². The van der Waals surface area contributed by atoms with Crippen molar-refractivity contribution >= 4 is 11.4 Å². The van der Waals surface area contributed by atoms with Crippen LogP contribution < -0.4 is 10.2 Å². The van der Waals surface area contributed by atoms with E-state index < -0.39 is 0 Å². The van der Waals surface area contributed by atoms with E-state index in [0.717, 1.165) is 24.4 Å². The van der Waals surface area contributed by atoms with Gasteiger partial charge in [-0.05, 0) is 37.1 Å². The number of allylic oxidation sites excluding steroid dienone is 1. The zero-order chi connectivity index (χ0) is 10.1. The lowest BCUT2D eigenvalue weighted by Crippen LogP contribution is -2.12. The lowest BCUT2D eigenvalue weighted by molar-refractivity contribution is 0.956. The first-order valence-corrected chi connectivity index (χ1v) is 4.93. The number of benzene rings is 1. The first-order chi connectivity index (χ1) is 6.66. The number of likely N-dealkylation sites (N-methyl/N-ethyl adjacent to an activating group) is 1. The molecule has 1 aromatic carbocycles. The number of anilines is 2. The fourth-order valence-corrected chi connectivity index (χ4v) is 1.89. The molecule has 0 bridgehead atoms. The minimum absolute atomic E-state index is 0.983. The topological polar surface area (TPSA) is 15.3 Å². The van der Waals surface area contributed by atoms with Crippen molar-refractivity contribution in [2.75, 3.05) is 23.8 Å². The maximum atomic E-state index is 3.84. The molecule has 2 rings (SSSR count). The van der Waals surface area contributed by atoms with Gasteiger partial charge in [-0.2, -0.15) is 0 Å². The minimum Gasteiger partial charge on any atom is -0.374 e. The second-order valence-electron chi connectivity index (χ2n) is 3.92. The molecule has 2 nitrogen and oxygen atoms in total. The summed E-state index contributed by atoms with van der Waals surface area (Å²) in [4.78, 5) is 2.29. The van der Waals surface area contributed by atoms with Crippen LogP contribution in [0.15, 0.2) is 30.5 Å². The maximum absolute atomic E-state index is 3.84. The Bertz CT molecular complexity index is 369. The molecule has 0 spiro atoms. The molecule has 2 heteroatoms. The highest BCUT2D eigenvalue weighted by Gasteiger charge is 2.15. The van der Waals surface area contributed by atoms with Crippen molar-refractivity contribution in [3.63, 3.8) is 0 Å². The second kappa shape index (κ2) is 3.37. The molecule has 1 aliphatic heterocycles. The van der Waals surface area contributed by atoms with Crippen LogP contribution in [-0.2, 0) is 6.42 Å². The highest BCUT2D eigenvalue weighted by Crippen LogP contribution is 2.29. The molecule has 0 saturated carbocycles. The normalized spacial score (nSPS) is 14.0. The molecule has 0 atom stereocenters. The van der Waals surface area contributed by atoms with Crippen LogP contribution in [0.3, 0.4) is 0 Å². The average Bonchev–Trinajstić information content (AvgIpc) is 2.46. The number of nitrogens with zero attached hydrogens (tertiary/aromatic N) is 1. The van der Waals surface area contributed by atoms with Gasteiger partial charge in [0.15, 0.2) is 0 Å². The number of hydrogen-bond donors (Lipinski definition) is 1. The molecule has 0 fully saturated rings. The lowest BCUT2D eigenvalue weighted by atomic mass is 10.1. The van der Waals surface area contributed by atoms with Crippen LogP contribution in [-0.4, -0.2) is 13.6 Å². The maximum Gasteiger partial charge on any atom is 0.0398 e. The Balaban J connectivity index is 2.28. The van der Waals surface area contributed by atoms with Gasteiger partial charge in [0.1, 0.15) is 0 Å². The van der Waals surface area contributed by atoms with E-state index in [9.17, 15) is 0 Å². The van der Waals surface area contributed by atoms with Crippen molar-refractivity contribution in [3.8, 4) is 0 Å². The zero-order valence-electron chi connectivity index (χ0n) is 8.80. The van der Waals surface area contributed by atoms with Crippen LogP contribution in [0.1, 0.15) is 12.5 Å². The van der Waals surface area contributed by atoms with Gasteiger partial charge in [0.25, 0.3) is 0 Å². The van der Waals surface area contributed by atoms with Gasteiger partial charge in [0.2, 0.25) is 0 Å². The summed E-state index contributed by atoms with van der Waals surface area (Å²) in [6.45, 7) is 6.94. The molecule has 74 valence electrons. The van der Waals surface area contributed by atoms with Gasteiger partial charge in [-0.25, -0.2) is 0 Å². The molecule has 1 N–H and O–H groups in total. The van der Waals surface area contributed by atoms with E-state index in [1.807, 2.05) is 6.92 Å². The predicted molar refractivity (Wildman–Crippen MR) is 61.9 cm³/mol. The molecule has 14 heavy (non-hydrogen) atoms. The van der Waals surface area contributed by atoms with Crippen molar-refractivity contribution in [2.24, 2.45) is 0 Å². The average molecular weight is 188 g/mol. The summed E-state index contributed by atoms with van der Waals surface area (Å²) in [5.41, 5.74) is 4.92. The largest absolute Gasteiger partial charge is 0.374 e. The smallest absolute Gasteiger partial charge is 0.0398 e. The Kier molecular flexibility index (Phi) is 2.20. The Morgan fingerprint density at radius 2 is 2.29 bits per heavy atom. The standard InChI is InChI=1S/C12H16N2/c1-9(2)13-11-4-5-12-10(8-11)6-7-14(12)3/h4-5,8,13H,1,6-7H2,2-3H3. The van der Waals surface area contributed by atoms with Gasteiger partial charge in [0.05, 0.1) is 0 Å². The molecule has 1 aromatic rings. The van der Waals surface area contributed by atoms with E-state index in [2.05, 4.69) is 42.0 Å². The molecule has 0 radical (unpaired) electrons. The fraction of sp³-hybridized carbons (Fsp3) is 0.333. The van der Waals surface area contributed by atoms with Gasteiger partial charge in [-0.1, -0.05) is 6.58 Å². The van der Waals surface area contributed by atoms with Crippen LogP contribution in [0, 0.1) is 0 Å². The molecular weight excluding hydrogens is 172 g/mol. The van der Waals surface area contributed by atoms with Crippen LogP contribution >= 0.6 is 0 Å². The van der Waals surface area contributed by atoms with Crippen molar-refractivity contribution in [3.05, 3.63) is 36.0 Å². The van der Waals surface area contributed by atoms with E-state index in [4.69, 9.17) is 0 Å². The molecule has 1 heterocycles. The molecule has 0 aromatic heterocycles. The Morgan fingerprint density at radius 1 is 1.50 bits per heavy atom. The molecule has 0 saturated heterocycles. The van der Waals surface area contributed by atoms with Gasteiger partial charge < -0.3 is 10.2 Å². The molecule has 0 aliphatic carbocycles. The zero-order valence-corrected chi connectivity index (χ0v) is 8.80. The molecule has 1 aliphatic rings. The molecule has 0 unspecified atom stereocenters. The first-order valence-electron chi connectivity index (χ1n) is 4.93. The Labute approximate surface area is 85.2 Å². The number of rotatable bonds is 2. The number of nitrogens with one attached hydrogen (secondary N) is 1. The Hall–Kier alpha value is -1.44. The third-order valence-corrected chi connectivity index (χ3v) is 2.57. The van der Waals surface area contributed by atoms with Crippen LogP contribution in [0.2, 0.25) is 0 Å². The third kappa shape index (κ3) is 1.60. The van der Waals surface area contributed by atoms with E-state index >= 15 is 0 Å². The van der Waals surface area contributed by atoms with Gasteiger partial charge in [0, 0.05) is 30.7 Å². The highest BCUT2D eigenvalue weighted by atomic mass is 15.1. The van der Waals surface area contributed by atoms with E-state index in [-0.39, 0.29) is 0 Å². The minimum atomic E-state index is 0.983. The van der Waals surface area contributed by atoms with Gasteiger partial charge >= 0.3 is 0 Å². The van der Waals surface area contributed by atoms with Crippen molar-refractivity contribution in [1.82, 2.24) is 0 Å². The third-order valence-electron chi connectivity index (χ3n) is 2.57. The monoisotopic (exact) mass is 188 g/mol. The highest BCUT2D eigenvalue weighted by molar-refractivity contribution is 5.64. The van der Waals surface area contributed by atoms with E-state index in [0.29, 0.717) is 0 Å². The predicted octanol–water partition coefficient (Wildman–Crippen LogP) is 2.62. The molecule has 0 amide bonds. The van der Waals surface area contributed by atoms with Crippen molar-refractivity contribution < 1.29 is 0 Å². The summed E-state index contributed by atoms with van der Waals surface area (Å²) in [6.07, 6.45) is 1.15. The van der Waals surface area contributed by atoms with Crippen LogP contribution in [0.25, 0.3) is 0 Å². The number of hydrogen-bond acceptors (Lipinski definition) is 2. The SMILES string of the molecule is C=C(C)Nc1ccc2c(c1)CCN2C. The first kappa shape index (κ1) is 9.13. The van der Waals surface area contributed by atoms with E-state index in [1.165, 1.54) is 11.3 Å². The van der Waals surface area contributed by atoms with Crippen molar-refractivity contribution in [1.29, 1.82) is 0 Å². The summed E-state index contributed by atoms with van der Waals surface area (Å²) >= 11 is 0. The summed E-state index contributed by atoms with van der Waals surface area (Å²) in [5, 5.41) is 3.24. The number of fused-ring (bicyclic) bond motifs is 1. The second-order valence-corrected chi connectivity index (χ2v) is 3.92. The summed E-state index contributed by atoms with van der Waals surface area (Å²) < 4.78 is 0. The van der Waals surface area contributed by atoms with Crippen molar-refractivity contribution in [2.45, 2.75) is 13.3 Å².